The van der Waals surface area contributed by atoms with Crippen LogP contribution in [0.2, 0.25) is 0 Å². The highest BCUT2D eigenvalue weighted by Gasteiger charge is 2.21. The molecule has 0 spiro atoms. The molecule has 3 N–H and O–H groups in total. The molecule has 0 aliphatic heterocycles. The van der Waals surface area contributed by atoms with Crippen LogP contribution in [0.25, 0.3) is 0 Å². The number of amides is 2. The first-order valence-corrected chi connectivity index (χ1v) is 9.58. The molecule has 0 bridgehead atoms. The molecule has 2 amide bonds. The third kappa shape index (κ3) is 4.97. The van der Waals surface area contributed by atoms with Gasteiger partial charge in [-0.25, -0.2) is 5.43 Å². The maximum absolute atomic E-state index is 12.3. The summed E-state index contributed by atoms with van der Waals surface area (Å²) in [5.41, 5.74) is 4.82. The van der Waals surface area contributed by atoms with Crippen molar-refractivity contribution in [1.82, 2.24) is 5.43 Å². The molecule has 1 aliphatic carbocycles. The summed E-state index contributed by atoms with van der Waals surface area (Å²) < 4.78 is 0. The monoisotopic (exact) mass is 379 g/mol. The van der Waals surface area contributed by atoms with E-state index < -0.39 is 5.91 Å². The van der Waals surface area contributed by atoms with Crippen LogP contribution in [0.1, 0.15) is 54.9 Å². The number of para-hydroxylation sites is 1. The molecule has 2 aromatic carbocycles. The van der Waals surface area contributed by atoms with Crippen molar-refractivity contribution in [3.63, 3.8) is 0 Å². The molecule has 6 nitrogen and oxygen atoms in total. The molecular weight excluding hydrogens is 354 g/mol. The zero-order valence-electron chi connectivity index (χ0n) is 15.9. The molecule has 1 aliphatic rings. The minimum Gasteiger partial charge on any atom is -0.507 e. The number of carbonyl (C=O) groups is 2. The molecule has 3 rings (SSSR count). The van der Waals surface area contributed by atoms with Gasteiger partial charge in [0.15, 0.2) is 0 Å². The highest BCUT2D eigenvalue weighted by molar-refractivity contribution is 6.02. The summed E-state index contributed by atoms with van der Waals surface area (Å²) in [6.07, 6.45) is 5.40. The standard InChI is InChI=1S/C22H25N3O3/c1-15(24-25-22(28)19-9-5-6-10-20(19)26)16-11-13-18(14-12-16)23-21(27)17-7-3-2-4-8-17/h5-6,9-14,17,26H,2-4,7-8H2,1H3,(H,23,27)(H,25,28)/b24-15+. The predicted octanol–water partition coefficient (Wildman–Crippen LogP) is 4.07. The molecule has 146 valence electrons. The number of carbonyl (C=O) groups excluding carboxylic acids is 2. The van der Waals surface area contributed by atoms with Gasteiger partial charge in [0.05, 0.1) is 11.3 Å². The van der Waals surface area contributed by atoms with Crippen molar-refractivity contribution < 1.29 is 14.7 Å². The second-order valence-corrected chi connectivity index (χ2v) is 7.06. The molecule has 0 aromatic heterocycles. The van der Waals surface area contributed by atoms with Crippen molar-refractivity contribution in [2.45, 2.75) is 39.0 Å². The average molecular weight is 379 g/mol. The van der Waals surface area contributed by atoms with E-state index in [1.807, 2.05) is 24.3 Å². The fraction of sp³-hybridized carbons (Fsp3) is 0.318. The molecule has 2 aromatic rings. The molecule has 1 saturated carbocycles. The van der Waals surface area contributed by atoms with Crippen molar-refractivity contribution in [2.24, 2.45) is 11.0 Å². The van der Waals surface area contributed by atoms with Crippen LogP contribution in [0.15, 0.2) is 53.6 Å². The van der Waals surface area contributed by atoms with Crippen LogP contribution in [0, 0.1) is 5.92 Å². The van der Waals surface area contributed by atoms with Crippen LogP contribution >= 0.6 is 0 Å². The van der Waals surface area contributed by atoms with E-state index >= 15 is 0 Å². The summed E-state index contributed by atoms with van der Waals surface area (Å²) in [4.78, 5) is 24.4. The number of hydrogen-bond donors (Lipinski definition) is 3. The second-order valence-electron chi connectivity index (χ2n) is 7.06. The third-order valence-corrected chi connectivity index (χ3v) is 5.02. The predicted molar refractivity (Wildman–Crippen MR) is 109 cm³/mol. The van der Waals surface area contributed by atoms with Gasteiger partial charge in [-0.05, 0) is 49.6 Å². The van der Waals surface area contributed by atoms with Gasteiger partial charge in [-0.2, -0.15) is 5.10 Å². The van der Waals surface area contributed by atoms with Crippen LogP contribution in [0.5, 0.6) is 5.75 Å². The number of hydrazone groups is 1. The van der Waals surface area contributed by atoms with Gasteiger partial charge in [-0.1, -0.05) is 43.5 Å². The van der Waals surface area contributed by atoms with Gasteiger partial charge in [0.25, 0.3) is 5.91 Å². The highest BCUT2D eigenvalue weighted by Crippen LogP contribution is 2.25. The van der Waals surface area contributed by atoms with E-state index in [-0.39, 0.29) is 23.1 Å². The van der Waals surface area contributed by atoms with Gasteiger partial charge in [-0.3, -0.25) is 9.59 Å². The van der Waals surface area contributed by atoms with Crippen molar-refractivity contribution in [3.05, 3.63) is 59.7 Å². The first-order chi connectivity index (χ1) is 13.5. The van der Waals surface area contributed by atoms with E-state index in [0.717, 1.165) is 36.9 Å². The fourth-order valence-corrected chi connectivity index (χ4v) is 3.33. The van der Waals surface area contributed by atoms with Gasteiger partial charge >= 0.3 is 0 Å². The number of phenolic OH excluding ortho intramolecular Hbond substituents is 1. The largest absolute Gasteiger partial charge is 0.507 e. The Bertz CT molecular complexity index is 869. The lowest BCUT2D eigenvalue weighted by molar-refractivity contribution is -0.120. The smallest absolute Gasteiger partial charge is 0.275 e. The van der Waals surface area contributed by atoms with Crippen molar-refractivity contribution in [3.8, 4) is 5.75 Å². The Labute approximate surface area is 164 Å². The van der Waals surface area contributed by atoms with Crippen LogP contribution < -0.4 is 10.7 Å². The van der Waals surface area contributed by atoms with E-state index in [4.69, 9.17) is 0 Å². The van der Waals surface area contributed by atoms with Gasteiger partial charge in [0.1, 0.15) is 5.75 Å². The first-order valence-electron chi connectivity index (χ1n) is 9.58. The lowest BCUT2D eigenvalue weighted by Gasteiger charge is -2.20. The molecule has 1 fully saturated rings. The van der Waals surface area contributed by atoms with Gasteiger partial charge < -0.3 is 10.4 Å². The summed E-state index contributed by atoms with van der Waals surface area (Å²) in [5, 5.41) is 16.8. The van der Waals surface area contributed by atoms with Gasteiger partial charge in [0, 0.05) is 11.6 Å². The number of benzene rings is 2. The van der Waals surface area contributed by atoms with Crippen LogP contribution in [-0.2, 0) is 4.79 Å². The van der Waals surface area contributed by atoms with Crippen molar-refractivity contribution in [2.75, 3.05) is 5.32 Å². The molecule has 6 heteroatoms. The SMILES string of the molecule is C/C(=N\NC(=O)c1ccccc1O)c1ccc(NC(=O)C2CCCCC2)cc1. The lowest BCUT2D eigenvalue weighted by atomic mass is 9.88. The number of aromatic hydroxyl groups is 1. The summed E-state index contributed by atoms with van der Waals surface area (Å²) in [7, 11) is 0. The minimum atomic E-state index is -0.478. The fourth-order valence-electron chi connectivity index (χ4n) is 3.33. The number of anilines is 1. The normalized spacial score (nSPS) is 15.1. The minimum absolute atomic E-state index is 0.0905. The van der Waals surface area contributed by atoms with Gasteiger partial charge in [-0.15, -0.1) is 0 Å². The Balaban J connectivity index is 1.59. The molecule has 28 heavy (non-hydrogen) atoms. The second kappa shape index (κ2) is 9.17. The average Bonchev–Trinajstić information content (AvgIpc) is 2.73. The van der Waals surface area contributed by atoms with Crippen LogP contribution in [0.4, 0.5) is 5.69 Å². The lowest BCUT2D eigenvalue weighted by Crippen LogP contribution is -2.24. The first kappa shape index (κ1) is 19.6. The van der Waals surface area contributed by atoms with E-state index in [9.17, 15) is 14.7 Å². The Morgan fingerprint density at radius 2 is 1.68 bits per heavy atom. The molecule has 0 saturated heterocycles. The zero-order chi connectivity index (χ0) is 19.9. The van der Waals surface area contributed by atoms with Crippen molar-refractivity contribution >= 4 is 23.2 Å². The van der Waals surface area contributed by atoms with Crippen molar-refractivity contribution in [1.29, 1.82) is 0 Å². The Morgan fingerprint density at radius 3 is 2.36 bits per heavy atom. The number of rotatable bonds is 5. The van der Waals surface area contributed by atoms with Crippen LogP contribution in [0.3, 0.4) is 0 Å². The zero-order valence-corrected chi connectivity index (χ0v) is 15.9. The Kier molecular flexibility index (Phi) is 6.42. The summed E-state index contributed by atoms with van der Waals surface area (Å²) in [5.74, 6) is -0.367. The summed E-state index contributed by atoms with van der Waals surface area (Å²) >= 11 is 0. The molecule has 0 heterocycles. The number of hydrogen-bond acceptors (Lipinski definition) is 4. The topological polar surface area (TPSA) is 90.8 Å². The summed E-state index contributed by atoms with van der Waals surface area (Å²) in [6, 6.07) is 13.7. The number of nitrogens with one attached hydrogen (secondary N) is 2. The van der Waals surface area contributed by atoms with Gasteiger partial charge in [0.2, 0.25) is 5.91 Å². The van der Waals surface area contributed by atoms with E-state index in [2.05, 4.69) is 15.8 Å². The third-order valence-electron chi connectivity index (χ3n) is 5.02. The molecule has 0 atom stereocenters. The van der Waals surface area contributed by atoms with E-state index in [1.165, 1.54) is 18.6 Å². The Hall–Kier alpha value is -3.15. The highest BCUT2D eigenvalue weighted by atomic mass is 16.3. The summed E-state index contributed by atoms with van der Waals surface area (Å²) in [6.45, 7) is 1.78. The molecule has 0 unspecified atom stereocenters. The van der Waals surface area contributed by atoms with E-state index in [0.29, 0.717) is 5.71 Å². The maximum Gasteiger partial charge on any atom is 0.275 e. The van der Waals surface area contributed by atoms with E-state index in [1.54, 1.807) is 19.1 Å². The Morgan fingerprint density at radius 1 is 1.00 bits per heavy atom. The molecule has 0 radical (unpaired) electrons. The number of nitrogens with zero attached hydrogens (tertiary/aromatic N) is 1. The number of phenols is 1. The molecular formula is C22H25N3O3. The quantitative estimate of drug-likeness (QED) is 0.540. The maximum atomic E-state index is 12.3. The van der Waals surface area contributed by atoms with Crippen LogP contribution in [-0.4, -0.2) is 22.6 Å².